The number of hydrogen-bond donors (Lipinski definition) is 0. The molecule has 1 aromatic rings. The Labute approximate surface area is 110 Å². The Bertz CT molecular complexity index is 482. The fraction of sp³-hybridized carbons (Fsp3) is 0.333. The second kappa shape index (κ2) is 5.51. The molecule has 0 amide bonds. The molecule has 0 aliphatic heterocycles. The zero-order valence-electron chi connectivity index (χ0n) is 8.95. The van der Waals surface area contributed by atoms with Crippen LogP contribution in [0, 0.1) is 0 Å². The number of ether oxygens (including phenoxy) is 2. The van der Waals surface area contributed by atoms with Gasteiger partial charge in [0.1, 0.15) is 0 Å². The van der Waals surface area contributed by atoms with Gasteiger partial charge in [-0.05, 0) is 6.07 Å². The Morgan fingerprint density at radius 2 is 1.50 bits per heavy atom. The van der Waals surface area contributed by atoms with E-state index in [0.29, 0.717) is 0 Å². The van der Waals surface area contributed by atoms with Gasteiger partial charge >= 0.3 is 19.2 Å². The molecule has 0 unspecified atom stereocenters. The highest BCUT2D eigenvalue weighted by Gasteiger charge is 2.38. The molecule has 0 aliphatic rings. The summed E-state index contributed by atoms with van der Waals surface area (Å²) in [5.41, 5.74) is -1.68. The summed E-state index contributed by atoms with van der Waals surface area (Å²) >= 11 is 5.16. The van der Waals surface area contributed by atoms with E-state index in [4.69, 9.17) is 11.6 Å². The smallest absolute Gasteiger partial charge is 0.431 e. The van der Waals surface area contributed by atoms with Gasteiger partial charge in [0.25, 0.3) is 0 Å². The van der Waals surface area contributed by atoms with Gasteiger partial charge in [0, 0.05) is 6.07 Å². The molecule has 0 bridgehead atoms. The van der Waals surface area contributed by atoms with Gasteiger partial charge in [0.15, 0.2) is 11.5 Å². The van der Waals surface area contributed by atoms with Crippen molar-refractivity contribution in [3.63, 3.8) is 0 Å². The number of halogens is 9. The summed E-state index contributed by atoms with van der Waals surface area (Å²) in [4.78, 5) is 0. The molecule has 0 N–H and O–H groups in total. The Morgan fingerprint density at radius 1 is 0.950 bits per heavy atom. The van der Waals surface area contributed by atoms with Crippen molar-refractivity contribution in [3.05, 3.63) is 22.7 Å². The van der Waals surface area contributed by atoms with E-state index in [-0.39, 0.29) is 12.1 Å². The van der Waals surface area contributed by atoms with E-state index in [0.717, 1.165) is 0 Å². The highest BCUT2D eigenvalue weighted by Crippen LogP contribution is 2.43. The minimum atomic E-state index is -5.39. The number of rotatable bonds is 3. The van der Waals surface area contributed by atoms with Crippen LogP contribution < -0.4 is 9.47 Å². The van der Waals surface area contributed by atoms with Crippen LogP contribution in [0.5, 0.6) is 11.5 Å². The number of benzene rings is 1. The molecular weight excluding hydrogens is 328 g/mol. The third kappa shape index (κ3) is 4.58. The molecule has 0 fully saturated rings. The quantitative estimate of drug-likeness (QED) is 0.737. The second-order valence-electron chi connectivity index (χ2n) is 3.20. The lowest BCUT2D eigenvalue weighted by Gasteiger charge is -2.17. The van der Waals surface area contributed by atoms with E-state index in [1.807, 2.05) is 0 Å². The zero-order valence-corrected chi connectivity index (χ0v) is 9.71. The monoisotopic (exact) mass is 330 g/mol. The minimum absolute atomic E-state index is 0.164. The number of hydrogen-bond acceptors (Lipinski definition) is 2. The molecule has 0 heterocycles. The van der Waals surface area contributed by atoms with Gasteiger partial charge in [-0.15, -0.1) is 13.2 Å². The van der Waals surface area contributed by atoms with Crippen molar-refractivity contribution in [2.45, 2.75) is 19.2 Å². The fourth-order valence-electron chi connectivity index (χ4n) is 1.14. The van der Waals surface area contributed by atoms with Gasteiger partial charge in [0.05, 0.1) is 10.6 Å². The lowest BCUT2D eigenvalue weighted by molar-refractivity contribution is -0.275. The van der Waals surface area contributed by atoms with E-state index in [2.05, 4.69) is 9.47 Å². The molecule has 2 nitrogen and oxygen atoms in total. The van der Waals surface area contributed by atoms with Crippen LogP contribution in [-0.2, 0) is 6.18 Å². The molecular formula is C9H3ClF8O2. The average Bonchev–Trinajstić information content (AvgIpc) is 2.17. The van der Waals surface area contributed by atoms with Crippen LogP contribution in [0.15, 0.2) is 12.1 Å². The lowest BCUT2D eigenvalue weighted by atomic mass is 10.2. The third-order valence-corrected chi connectivity index (χ3v) is 2.09. The van der Waals surface area contributed by atoms with Gasteiger partial charge in [-0.1, -0.05) is 11.6 Å². The van der Waals surface area contributed by atoms with Gasteiger partial charge in [0.2, 0.25) is 0 Å². The van der Waals surface area contributed by atoms with Crippen LogP contribution in [0.4, 0.5) is 35.1 Å². The predicted octanol–water partition coefficient (Wildman–Crippen LogP) is 4.86. The summed E-state index contributed by atoms with van der Waals surface area (Å²) < 4.78 is 104. The van der Waals surface area contributed by atoms with Crippen molar-refractivity contribution < 1.29 is 44.6 Å². The largest absolute Gasteiger partial charge is 0.573 e. The van der Waals surface area contributed by atoms with Gasteiger partial charge in [-0.25, -0.2) is 0 Å². The summed E-state index contributed by atoms with van der Waals surface area (Å²) in [5.74, 6) is -2.84. The SMILES string of the molecule is FC(F)Oc1cc(Cl)c(C(F)(F)F)cc1OC(F)(F)F. The fourth-order valence-corrected chi connectivity index (χ4v) is 1.41. The summed E-state index contributed by atoms with van der Waals surface area (Å²) in [6.07, 6.45) is -10.5. The molecule has 1 rings (SSSR count). The van der Waals surface area contributed by atoms with Crippen molar-refractivity contribution in [1.29, 1.82) is 0 Å². The van der Waals surface area contributed by atoms with Crippen molar-refractivity contribution in [2.24, 2.45) is 0 Å². The first-order valence-electron chi connectivity index (χ1n) is 4.51. The first kappa shape index (κ1) is 16.6. The standard InChI is InChI=1S/C9H3ClF8O2/c10-4-2-5(19-7(11)12)6(20-9(16,17)18)1-3(4)8(13,14)15/h1-2,7H. The highest BCUT2D eigenvalue weighted by atomic mass is 35.5. The molecule has 114 valence electrons. The Kier molecular flexibility index (Phi) is 4.57. The van der Waals surface area contributed by atoms with Crippen LogP contribution >= 0.6 is 11.6 Å². The van der Waals surface area contributed by atoms with Crippen molar-refractivity contribution in [3.8, 4) is 11.5 Å². The van der Waals surface area contributed by atoms with Crippen LogP contribution in [-0.4, -0.2) is 13.0 Å². The molecule has 0 atom stereocenters. The molecule has 0 aromatic heterocycles. The highest BCUT2D eigenvalue weighted by molar-refractivity contribution is 6.31. The molecule has 0 spiro atoms. The second-order valence-corrected chi connectivity index (χ2v) is 3.61. The molecule has 1 aromatic carbocycles. The molecule has 0 aliphatic carbocycles. The maximum Gasteiger partial charge on any atom is 0.573 e. The normalized spacial score (nSPS) is 12.7. The molecule has 0 saturated heterocycles. The van der Waals surface area contributed by atoms with Crippen molar-refractivity contribution >= 4 is 11.6 Å². The predicted molar refractivity (Wildman–Crippen MR) is 49.8 cm³/mol. The summed E-state index contributed by atoms with van der Waals surface area (Å²) in [7, 11) is 0. The molecule has 0 radical (unpaired) electrons. The minimum Gasteiger partial charge on any atom is -0.431 e. The van der Waals surface area contributed by atoms with Crippen LogP contribution in [0.3, 0.4) is 0 Å². The molecule has 11 heteroatoms. The van der Waals surface area contributed by atoms with E-state index in [9.17, 15) is 35.1 Å². The first-order chi connectivity index (χ1) is 8.90. The van der Waals surface area contributed by atoms with Gasteiger partial charge in [-0.2, -0.15) is 22.0 Å². The van der Waals surface area contributed by atoms with E-state index in [1.54, 1.807) is 0 Å². The zero-order chi connectivity index (χ0) is 15.7. The van der Waals surface area contributed by atoms with E-state index in [1.165, 1.54) is 0 Å². The lowest BCUT2D eigenvalue weighted by Crippen LogP contribution is -2.19. The van der Waals surface area contributed by atoms with Crippen molar-refractivity contribution in [1.82, 2.24) is 0 Å². The Hall–Kier alpha value is -1.45. The third-order valence-electron chi connectivity index (χ3n) is 1.78. The van der Waals surface area contributed by atoms with Crippen LogP contribution in [0.25, 0.3) is 0 Å². The molecule has 20 heavy (non-hydrogen) atoms. The van der Waals surface area contributed by atoms with Gasteiger partial charge < -0.3 is 9.47 Å². The maximum atomic E-state index is 12.4. The average molecular weight is 331 g/mol. The maximum absolute atomic E-state index is 12.4. The van der Waals surface area contributed by atoms with Crippen molar-refractivity contribution in [2.75, 3.05) is 0 Å². The van der Waals surface area contributed by atoms with Crippen LogP contribution in [0.1, 0.15) is 5.56 Å². The van der Waals surface area contributed by atoms with E-state index >= 15 is 0 Å². The topological polar surface area (TPSA) is 18.5 Å². The Morgan fingerprint density at radius 3 is 1.90 bits per heavy atom. The first-order valence-corrected chi connectivity index (χ1v) is 4.89. The van der Waals surface area contributed by atoms with Gasteiger partial charge in [-0.3, -0.25) is 0 Å². The molecule has 0 saturated carbocycles. The summed E-state index contributed by atoms with van der Waals surface area (Å²) in [5, 5.41) is -1.11. The summed E-state index contributed by atoms with van der Waals surface area (Å²) in [6, 6.07) is -0.00878. The van der Waals surface area contributed by atoms with Crippen LogP contribution in [0.2, 0.25) is 5.02 Å². The number of alkyl halides is 8. The summed E-state index contributed by atoms with van der Waals surface area (Å²) in [6.45, 7) is -3.57. The van der Waals surface area contributed by atoms with E-state index < -0.39 is 41.2 Å². The Balaban J connectivity index is 3.34.